The van der Waals surface area contributed by atoms with Crippen LogP contribution in [0, 0.1) is 0 Å². The Hall–Kier alpha value is -0.740. The van der Waals surface area contributed by atoms with Gasteiger partial charge in [-0.2, -0.15) is 0 Å². The van der Waals surface area contributed by atoms with E-state index in [0.717, 1.165) is 22.5 Å². The van der Waals surface area contributed by atoms with Crippen LogP contribution in [0.4, 0.5) is 0 Å². The van der Waals surface area contributed by atoms with E-state index in [2.05, 4.69) is 41.2 Å². The van der Waals surface area contributed by atoms with Gasteiger partial charge in [0.15, 0.2) is 11.5 Å². The quantitative estimate of drug-likeness (QED) is 0.897. The summed E-state index contributed by atoms with van der Waals surface area (Å²) in [6.07, 6.45) is 2.44. The average Bonchev–Trinajstić information content (AvgIpc) is 2.92. The molecule has 0 saturated carbocycles. The lowest BCUT2D eigenvalue weighted by Crippen LogP contribution is -2.20. The first-order valence-corrected chi connectivity index (χ1v) is 7.83. The van der Waals surface area contributed by atoms with Gasteiger partial charge in [-0.1, -0.05) is 13.8 Å². The van der Waals surface area contributed by atoms with Crippen molar-refractivity contribution < 1.29 is 9.47 Å². The van der Waals surface area contributed by atoms with Crippen molar-refractivity contribution in [2.24, 2.45) is 0 Å². The van der Waals surface area contributed by atoms with Gasteiger partial charge in [0, 0.05) is 6.04 Å². The van der Waals surface area contributed by atoms with Crippen LogP contribution in [0.2, 0.25) is 0 Å². The van der Waals surface area contributed by atoms with Gasteiger partial charge in [0.1, 0.15) is 13.2 Å². The molecular weight excluding hydrogens is 306 g/mol. The number of fused-ring (bicyclic) bond motifs is 1. The Morgan fingerprint density at radius 3 is 2.79 bits per heavy atom. The van der Waals surface area contributed by atoms with E-state index >= 15 is 0 Å². The summed E-state index contributed by atoms with van der Waals surface area (Å²) in [7, 11) is 0. The Bertz CT molecular complexity index is 482. The second kappa shape index (κ2) is 5.33. The molecule has 0 amide bonds. The lowest BCUT2D eigenvalue weighted by atomic mass is 9.91. The first kappa shape index (κ1) is 13.3. The van der Waals surface area contributed by atoms with E-state index < -0.39 is 0 Å². The fourth-order valence-electron chi connectivity index (χ4n) is 3.00. The van der Waals surface area contributed by atoms with Crippen molar-refractivity contribution in [3.8, 4) is 11.5 Å². The first-order valence-electron chi connectivity index (χ1n) is 7.03. The predicted molar refractivity (Wildman–Crippen MR) is 79.2 cm³/mol. The lowest BCUT2D eigenvalue weighted by Gasteiger charge is -2.26. The van der Waals surface area contributed by atoms with Gasteiger partial charge in [0.2, 0.25) is 0 Å². The molecule has 2 aliphatic heterocycles. The van der Waals surface area contributed by atoms with E-state index in [1.807, 2.05) is 0 Å². The van der Waals surface area contributed by atoms with Crippen LogP contribution in [0.5, 0.6) is 11.5 Å². The van der Waals surface area contributed by atoms with Gasteiger partial charge < -0.3 is 14.8 Å². The molecule has 3 rings (SSSR count). The van der Waals surface area contributed by atoms with Crippen LogP contribution >= 0.6 is 15.9 Å². The SMILES string of the molecule is CC(C)c1c(C2CCCN2)cc2c(c1Br)OCCO2. The molecule has 0 spiro atoms. The van der Waals surface area contributed by atoms with Crippen molar-refractivity contribution >= 4 is 15.9 Å². The van der Waals surface area contributed by atoms with Crippen LogP contribution in [0.15, 0.2) is 10.5 Å². The lowest BCUT2D eigenvalue weighted by molar-refractivity contribution is 0.169. The van der Waals surface area contributed by atoms with E-state index in [-0.39, 0.29) is 0 Å². The highest BCUT2D eigenvalue weighted by Crippen LogP contribution is 2.46. The van der Waals surface area contributed by atoms with E-state index in [4.69, 9.17) is 9.47 Å². The predicted octanol–water partition coefficient (Wildman–Crippen LogP) is 3.77. The third-order valence-electron chi connectivity index (χ3n) is 3.86. The third-order valence-corrected chi connectivity index (χ3v) is 4.64. The van der Waals surface area contributed by atoms with Gasteiger partial charge in [-0.15, -0.1) is 0 Å². The molecule has 2 heterocycles. The molecule has 1 atom stereocenters. The zero-order chi connectivity index (χ0) is 13.4. The summed E-state index contributed by atoms with van der Waals surface area (Å²) in [6, 6.07) is 2.63. The van der Waals surface area contributed by atoms with E-state index in [1.54, 1.807) is 0 Å². The number of halogens is 1. The minimum Gasteiger partial charge on any atom is -0.486 e. The number of ether oxygens (including phenoxy) is 2. The number of benzene rings is 1. The van der Waals surface area contributed by atoms with Crippen molar-refractivity contribution in [3.05, 3.63) is 21.7 Å². The molecule has 19 heavy (non-hydrogen) atoms. The zero-order valence-corrected chi connectivity index (χ0v) is 13.0. The highest BCUT2D eigenvalue weighted by atomic mass is 79.9. The van der Waals surface area contributed by atoms with Crippen LogP contribution in [0.25, 0.3) is 0 Å². The Morgan fingerprint density at radius 1 is 1.32 bits per heavy atom. The fraction of sp³-hybridized carbons (Fsp3) is 0.600. The van der Waals surface area contributed by atoms with Crippen molar-refractivity contribution in [2.45, 2.75) is 38.6 Å². The summed E-state index contributed by atoms with van der Waals surface area (Å²) < 4.78 is 12.6. The summed E-state index contributed by atoms with van der Waals surface area (Å²) in [6.45, 7) is 6.83. The van der Waals surface area contributed by atoms with Crippen molar-refractivity contribution in [2.75, 3.05) is 19.8 Å². The van der Waals surface area contributed by atoms with Gasteiger partial charge in [0.05, 0.1) is 4.47 Å². The van der Waals surface area contributed by atoms with Crippen LogP contribution in [0.3, 0.4) is 0 Å². The summed E-state index contributed by atoms with van der Waals surface area (Å²) in [5.74, 6) is 2.21. The van der Waals surface area contributed by atoms with Gasteiger partial charge in [-0.05, 0) is 58.4 Å². The fourth-order valence-corrected chi connectivity index (χ4v) is 4.00. The number of rotatable bonds is 2. The van der Waals surface area contributed by atoms with Crippen molar-refractivity contribution in [1.29, 1.82) is 0 Å². The highest BCUT2D eigenvalue weighted by Gasteiger charge is 2.27. The molecule has 0 aromatic heterocycles. The first-order chi connectivity index (χ1) is 9.18. The summed E-state index contributed by atoms with van der Waals surface area (Å²) in [5, 5.41) is 3.58. The van der Waals surface area contributed by atoms with Crippen LogP contribution < -0.4 is 14.8 Å². The number of nitrogens with one attached hydrogen (secondary N) is 1. The topological polar surface area (TPSA) is 30.5 Å². The van der Waals surface area contributed by atoms with Gasteiger partial charge in [-0.3, -0.25) is 0 Å². The highest BCUT2D eigenvalue weighted by molar-refractivity contribution is 9.10. The molecule has 1 N–H and O–H groups in total. The van der Waals surface area contributed by atoms with Crippen LogP contribution in [0.1, 0.15) is 49.8 Å². The maximum absolute atomic E-state index is 5.77. The average molecular weight is 326 g/mol. The van der Waals surface area contributed by atoms with Crippen molar-refractivity contribution in [3.63, 3.8) is 0 Å². The van der Waals surface area contributed by atoms with Crippen LogP contribution in [-0.4, -0.2) is 19.8 Å². The monoisotopic (exact) mass is 325 g/mol. The Balaban J connectivity index is 2.13. The molecule has 1 aromatic carbocycles. The second-order valence-electron chi connectivity index (χ2n) is 5.52. The molecule has 104 valence electrons. The summed E-state index contributed by atoms with van der Waals surface area (Å²) >= 11 is 3.73. The number of hydrogen-bond acceptors (Lipinski definition) is 3. The molecule has 1 fully saturated rings. The third kappa shape index (κ3) is 2.36. The molecule has 1 saturated heterocycles. The largest absolute Gasteiger partial charge is 0.486 e. The normalized spacial score (nSPS) is 22.0. The minimum atomic E-state index is 0.449. The molecule has 0 bridgehead atoms. The molecule has 3 nitrogen and oxygen atoms in total. The smallest absolute Gasteiger partial charge is 0.175 e. The zero-order valence-electron chi connectivity index (χ0n) is 11.5. The minimum absolute atomic E-state index is 0.449. The Kier molecular flexibility index (Phi) is 3.72. The van der Waals surface area contributed by atoms with Gasteiger partial charge in [0.25, 0.3) is 0 Å². The van der Waals surface area contributed by atoms with E-state index in [0.29, 0.717) is 25.2 Å². The molecule has 1 unspecified atom stereocenters. The Morgan fingerprint density at radius 2 is 2.11 bits per heavy atom. The van der Waals surface area contributed by atoms with Gasteiger partial charge in [-0.25, -0.2) is 0 Å². The van der Waals surface area contributed by atoms with Crippen molar-refractivity contribution in [1.82, 2.24) is 5.32 Å². The Labute approximate surface area is 122 Å². The van der Waals surface area contributed by atoms with E-state index in [1.165, 1.54) is 24.0 Å². The molecular formula is C15H20BrNO2. The molecule has 2 aliphatic rings. The number of hydrogen-bond donors (Lipinski definition) is 1. The molecule has 1 aromatic rings. The maximum atomic E-state index is 5.77. The molecule has 0 radical (unpaired) electrons. The van der Waals surface area contributed by atoms with E-state index in [9.17, 15) is 0 Å². The van der Waals surface area contributed by atoms with Gasteiger partial charge >= 0.3 is 0 Å². The summed E-state index contributed by atoms with van der Waals surface area (Å²) in [4.78, 5) is 0. The second-order valence-corrected chi connectivity index (χ2v) is 6.31. The summed E-state index contributed by atoms with van der Waals surface area (Å²) in [5.41, 5.74) is 2.72. The molecule has 0 aliphatic carbocycles. The molecule has 4 heteroatoms. The standard InChI is InChI=1S/C15H20BrNO2/c1-9(2)13-10(11-4-3-5-17-11)8-12-15(14(13)16)19-7-6-18-12/h8-9,11,17H,3-7H2,1-2H3. The van der Waals surface area contributed by atoms with Crippen LogP contribution in [-0.2, 0) is 0 Å². The maximum Gasteiger partial charge on any atom is 0.175 e.